The van der Waals surface area contributed by atoms with Gasteiger partial charge in [0.1, 0.15) is 29.5 Å². The summed E-state index contributed by atoms with van der Waals surface area (Å²) in [5, 5.41) is 39.3. The number of nitrogens with one attached hydrogen (secondary N) is 1. The third-order valence-electron chi connectivity index (χ3n) is 13.5. The average molecular weight is 860 g/mol. The van der Waals surface area contributed by atoms with Gasteiger partial charge in [0.05, 0.1) is 42.8 Å². The first-order valence-electron chi connectivity index (χ1n) is 20.2. The highest BCUT2D eigenvalue weighted by atomic mass is 16.8. The Morgan fingerprint density at radius 2 is 1.59 bits per heavy atom. The lowest BCUT2D eigenvalue weighted by Gasteiger charge is -2.67. The Balaban J connectivity index is 1.55. The number of aliphatic hydroxyl groups is 3. The molecule has 0 aromatic heterocycles. The van der Waals surface area contributed by atoms with Crippen LogP contribution in [0.25, 0.3) is 0 Å². The Bertz CT molecular complexity index is 1990. The number of carbonyl (C=O) groups is 6. The molecular formula is C43H57NO17. The topological polar surface area (TPSA) is 249 Å². The van der Waals surface area contributed by atoms with Gasteiger partial charge in [0.25, 0.3) is 0 Å². The molecule has 4 N–H and O–H groups in total. The van der Waals surface area contributed by atoms with Crippen molar-refractivity contribution in [3.05, 3.63) is 47.0 Å². The van der Waals surface area contributed by atoms with Gasteiger partial charge in [-0.1, -0.05) is 45.9 Å². The minimum absolute atomic E-state index is 0.0158. The number of esters is 3. The number of methoxy groups -OCH3 is 1. The molecule has 2 heterocycles. The molecule has 1 aromatic carbocycles. The van der Waals surface area contributed by atoms with Crippen LogP contribution in [0.5, 0.6) is 0 Å². The maximum atomic E-state index is 15.5. The van der Waals surface area contributed by atoms with E-state index in [-0.39, 0.29) is 29.7 Å². The molecule has 1 amide bonds. The largest absolute Gasteiger partial charge is 0.508 e. The van der Waals surface area contributed by atoms with Crippen molar-refractivity contribution in [1.29, 1.82) is 0 Å². The standard InChI is InChI=1S/C43H57NO17/c1-20-23(57-34(49)28-30(39(6,7)35(50)58-28)44-36(51)60-38(3,4)5)18-43(53)32(59-33(48)22-15-13-12-14-16-22)29-41(10,31(47)27(56-21(2)45)26(20)40(43,8)9)24(46)17-25-42(29,19-55-25)61-37(52)54-11/h12-16,23-25,27-30,32,35,46,50,53H,17-19H2,1-11H3,(H,44,51)/t23-,24?,25-,27-,28?,29?,30-,32?,35?,41-,42+,43-/m1/s1. The number of carbonyl (C=O) groups excluding carboxylic acids is 6. The zero-order chi connectivity index (χ0) is 45.4. The number of Topliss-reactive ketones (excluding diaryl/α,β-unsaturated/α-hetero) is 1. The molecule has 0 spiro atoms. The van der Waals surface area contributed by atoms with Gasteiger partial charge in [-0.3, -0.25) is 9.59 Å². The van der Waals surface area contributed by atoms with Crippen LogP contribution in [0.15, 0.2) is 41.5 Å². The van der Waals surface area contributed by atoms with Gasteiger partial charge in [0.15, 0.2) is 29.9 Å². The first-order chi connectivity index (χ1) is 28.2. The lowest BCUT2D eigenvalue weighted by Crippen LogP contribution is -2.82. The number of fused-ring (bicyclic) bond motifs is 5. The zero-order valence-electron chi connectivity index (χ0n) is 36.3. The highest BCUT2D eigenvalue weighted by Crippen LogP contribution is 2.64. The molecule has 5 unspecified atom stereocenters. The third kappa shape index (κ3) is 7.47. The van der Waals surface area contributed by atoms with Gasteiger partial charge in [-0.2, -0.15) is 0 Å². The molecule has 2 aliphatic heterocycles. The van der Waals surface area contributed by atoms with Gasteiger partial charge < -0.3 is 58.5 Å². The van der Waals surface area contributed by atoms with Gasteiger partial charge >= 0.3 is 30.2 Å². The summed E-state index contributed by atoms with van der Waals surface area (Å²) in [6.45, 7) is 14.7. The van der Waals surface area contributed by atoms with Gasteiger partial charge in [-0.05, 0) is 57.9 Å². The summed E-state index contributed by atoms with van der Waals surface area (Å²) in [7, 11) is 1.07. The van der Waals surface area contributed by atoms with E-state index in [0.29, 0.717) is 0 Å². The summed E-state index contributed by atoms with van der Waals surface area (Å²) in [4.78, 5) is 83.2. The van der Waals surface area contributed by atoms with Crippen molar-refractivity contribution in [2.75, 3.05) is 13.7 Å². The van der Waals surface area contributed by atoms with E-state index in [1.807, 2.05) is 0 Å². The van der Waals surface area contributed by atoms with Crippen LogP contribution in [0.2, 0.25) is 0 Å². The second-order valence-corrected chi connectivity index (χ2v) is 19.0. The summed E-state index contributed by atoms with van der Waals surface area (Å²) in [6, 6.07) is 6.56. The number of hydrogen-bond donors (Lipinski definition) is 4. The number of aliphatic hydroxyl groups excluding tert-OH is 2. The highest BCUT2D eigenvalue weighted by Gasteiger charge is 2.78. The summed E-state index contributed by atoms with van der Waals surface area (Å²) in [5.74, 6) is -5.48. The fourth-order valence-electron chi connectivity index (χ4n) is 9.98. The van der Waals surface area contributed by atoms with E-state index in [0.717, 1.165) is 14.0 Å². The second kappa shape index (κ2) is 15.6. The molecule has 18 heteroatoms. The predicted octanol–water partition coefficient (Wildman–Crippen LogP) is 3.06. The van der Waals surface area contributed by atoms with Crippen LogP contribution in [0, 0.1) is 22.2 Å². The van der Waals surface area contributed by atoms with Gasteiger partial charge in [-0.15, -0.1) is 0 Å². The molecule has 5 aliphatic rings. The summed E-state index contributed by atoms with van der Waals surface area (Å²) in [5.41, 5.74) is -10.1. The van der Waals surface area contributed by atoms with Crippen molar-refractivity contribution in [1.82, 2.24) is 5.32 Å². The predicted molar refractivity (Wildman–Crippen MR) is 208 cm³/mol. The van der Waals surface area contributed by atoms with E-state index in [2.05, 4.69) is 5.32 Å². The van der Waals surface area contributed by atoms with Gasteiger partial charge in [0, 0.05) is 30.6 Å². The van der Waals surface area contributed by atoms with Crippen molar-refractivity contribution in [3.63, 3.8) is 0 Å². The molecular weight excluding hydrogens is 802 g/mol. The molecule has 6 rings (SSSR count). The quantitative estimate of drug-likeness (QED) is 0.175. The lowest BCUT2D eigenvalue weighted by molar-refractivity contribution is -0.344. The van der Waals surface area contributed by atoms with E-state index in [1.165, 1.54) is 26.0 Å². The first-order valence-corrected chi connectivity index (χ1v) is 20.2. The SMILES string of the molecule is COC(=O)O[C@@]12CO[C@@H]1CC(O)[C@@]1(C)C(=O)[C@H](OC(C)=O)C3=C(C)[C@H](OC(=O)C4OC(O)C(C)(C)[C@@H]4NC(=O)OC(C)(C)C)C[C@@](O)(C(OC(=O)c4ccccc4)C12)C3(C)C. The van der Waals surface area contributed by atoms with Crippen molar-refractivity contribution >= 4 is 35.9 Å². The number of ketones is 1. The van der Waals surface area contributed by atoms with Crippen molar-refractivity contribution < 1.29 is 82.0 Å². The number of rotatable bonds is 7. The van der Waals surface area contributed by atoms with Gasteiger partial charge in [0.2, 0.25) is 0 Å². The molecule has 2 saturated heterocycles. The molecule has 0 radical (unpaired) electrons. The molecule has 12 atom stereocenters. The number of amides is 1. The minimum atomic E-state index is -2.42. The number of alkyl carbamates (subject to hydrolysis) is 1. The number of benzene rings is 1. The maximum absolute atomic E-state index is 15.5. The maximum Gasteiger partial charge on any atom is 0.508 e. The molecule has 18 nitrogen and oxygen atoms in total. The van der Waals surface area contributed by atoms with E-state index in [4.69, 9.17) is 37.9 Å². The van der Waals surface area contributed by atoms with E-state index < -0.39 is 130 Å². The molecule has 2 saturated carbocycles. The molecule has 336 valence electrons. The molecule has 3 aliphatic carbocycles. The van der Waals surface area contributed by atoms with Crippen LogP contribution in [-0.2, 0) is 52.3 Å². The van der Waals surface area contributed by atoms with E-state index in [9.17, 15) is 39.3 Å². The molecule has 1 aromatic rings. The zero-order valence-corrected chi connectivity index (χ0v) is 36.3. The number of ether oxygens (including phenoxy) is 8. The van der Waals surface area contributed by atoms with E-state index >= 15 is 4.79 Å². The Hall–Kier alpha value is -4.62. The van der Waals surface area contributed by atoms with Crippen LogP contribution in [0.4, 0.5) is 9.59 Å². The first kappa shape index (κ1) is 45.9. The molecule has 4 fully saturated rings. The van der Waals surface area contributed by atoms with Crippen molar-refractivity contribution in [2.45, 2.75) is 148 Å². The second-order valence-electron chi connectivity index (χ2n) is 19.0. The van der Waals surface area contributed by atoms with Crippen LogP contribution in [0.3, 0.4) is 0 Å². The van der Waals surface area contributed by atoms with Gasteiger partial charge in [-0.25, -0.2) is 19.2 Å². The Kier molecular flexibility index (Phi) is 11.8. The Morgan fingerprint density at radius 1 is 0.951 bits per heavy atom. The fourth-order valence-corrected chi connectivity index (χ4v) is 9.98. The molecule has 2 bridgehead atoms. The smallest absolute Gasteiger partial charge is 0.456 e. The van der Waals surface area contributed by atoms with Crippen LogP contribution < -0.4 is 5.32 Å². The Morgan fingerprint density at radius 3 is 2.15 bits per heavy atom. The van der Waals surface area contributed by atoms with E-state index in [1.54, 1.807) is 66.7 Å². The summed E-state index contributed by atoms with van der Waals surface area (Å²) >= 11 is 0. The lowest BCUT2D eigenvalue weighted by atomic mass is 9.44. The summed E-state index contributed by atoms with van der Waals surface area (Å²) in [6.07, 6.45) is -14.0. The van der Waals surface area contributed by atoms with Crippen LogP contribution in [-0.4, -0.2) is 131 Å². The normalized spacial score (nSPS) is 37.3. The number of hydrogen-bond acceptors (Lipinski definition) is 17. The summed E-state index contributed by atoms with van der Waals surface area (Å²) < 4.78 is 46.2. The Labute approximate surface area is 353 Å². The fraction of sp³-hybridized carbons (Fsp3) is 0.674. The molecule has 61 heavy (non-hydrogen) atoms. The van der Waals surface area contributed by atoms with Crippen molar-refractivity contribution in [3.8, 4) is 0 Å². The van der Waals surface area contributed by atoms with Crippen molar-refractivity contribution in [2.24, 2.45) is 22.2 Å². The van der Waals surface area contributed by atoms with Crippen LogP contribution >= 0.6 is 0 Å². The highest BCUT2D eigenvalue weighted by molar-refractivity contribution is 5.95. The third-order valence-corrected chi connectivity index (χ3v) is 13.5. The average Bonchev–Trinajstić information content (AvgIpc) is 3.38. The monoisotopic (exact) mass is 859 g/mol. The van der Waals surface area contributed by atoms with Crippen LogP contribution in [0.1, 0.15) is 92.4 Å². The minimum Gasteiger partial charge on any atom is -0.456 e.